The van der Waals surface area contributed by atoms with Crippen LogP contribution in [0.15, 0.2) is 34.0 Å². The summed E-state index contributed by atoms with van der Waals surface area (Å²) in [6.07, 6.45) is 2.73. The van der Waals surface area contributed by atoms with E-state index in [1.165, 1.54) is 19.3 Å². The average Bonchev–Trinajstić information content (AvgIpc) is 2.50. The summed E-state index contributed by atoms with van der Waals surface area (Å²) in [6.45, 7) is 3.48. The first-order valence-corrected chi connectivity index (χ1v) is 4.38. The Morgan fingerprint density at radius 3 is 2.67 bits per heavy atom. The van der Waals surface area contributed by atoms with Crippen LogP contribution in [0.1, 0.15) is 13.8 Å². The molecular formula is C11H11NO3. The topological polar surface area (TPSA) is 55.7 Å². The summed E-state index contributed by atoms with van der Waals surface area (Å²) in [5.74, 6) is 1.22. The quantitative estimate of drug-likeness (QED) is 0.503. The number of nitrogens with zero attached hydrogens (tertiary/aromatic N) is 1. The Labute approximate surface area is 87.6 Å². The van der Waals surface area contributed by atoms with Crippen molar-refractivity contribution in [3.8, 4) is 0 Å². The fourth-order valence-electron chi connectivity index (χ4n) is 1.40. The van der Waals surface area contributed by atoms with Gasteiger partial charge in [0.25, 0.3) is 0 Å². The van der Waals surface area contributed by atoms with E-state index in [1.54, 1.807) is 19.8 Å². The van der Waals surface area contributed by atoms with Crippen LogP contribution in [0.5, 0.6) is 0 Å². The molecule has 0 bridgehead atoms. The maximum absolute atomic E-state index is 11.4. The number of rotatable bonds is 2. The molecule has 1 rings (SSSR count). The first-order valence-electron chi connectivity index (χ1n) is 4.38. The lowest BCUT2D eigenvalue weighted by molar-refractivity contribution is -0.135. The zero-order chi connectivity index (χ0) is 11.4. The molecule has 0 aliphatic carbocycles. The number of methoxy groups -OCH3 is 1. The summed E-state index contributed by atoms with van der Waals surface area (Å²) in [5.41, 5.74) is 2.37. The fourth-order valence-corrected chi connectivity index (χ4v) is 1.40. The van der Waals surface area contributed by atoms with Crippen molar-refractivity contribution in [1.82, 2.24) is 0 Å². The molecule has 0 fully saturated rings. The van der Waals surface area contributed by atoms with Gasteiger partial charge in [-0.05, 0) is 25.5 Å². The van der Waals surface area contributed by atoms with Crippen LogP contribution in [-0.2, 0) is 14.3 Å². The fraction of sp³-hybridized carbons (Fsp3) is 0.273. The number of ether oxygens (including phenoxy) is 1. The predicted octanol–water partition coefficient (Wildman–Crippen LogP) is 1.22. The van der Waals surface area contributed by atoms with E-state index in [0.29, 0.717) is 22.6 Å². The summed E-state index contributed by atoms with van der Waals surface area (Å²) in [7, 11) is 1.32. The molecular weight excluding hydrogens is 194 g/mol. The summed E-state index contributed by atoms with van der Waals surface area (Å²) < 4.78 is 4.64. The summed E-state index contributed by atoms with van der Waals surface area (Å²) in [5, 5.41) is 0. The number of hydrogen-bond donors (Lipinski definition) is 0. The van der Waals surface area contributed by atoms with Gasteiger partial charge < -0.3 is 4.74 Å². The summed E-state index contributed by atoms with van der Waals surface area (Å²) in [6, 6.07) is 0. The van der Waals surface area contributed by atoms with E-state index < -0.39 is 5.97 Å². The number of carbonyl (C=O) groups excluding carboxylic acids is 2. The molecule has 0 N–H and O–H groups in total. The highest BCUT2D eigenvalue weighted by molar-refractivity contribution is 6.22. The van der Waals surface area contributed by atoms with E-state index in [-0.39, 0.29) is 0 Å². The van der Waals surface area contributed by atoms with Crippen molar-refractivity contribution in [1.29, 1.82) is 0 Å². The van der Waals surface area contributed by atoms with Gasteiger partial charge in [-0.25, -0.2) is 9.59 Å². The van der Waals surface area contributed by atoms with E-state index in [9.17, 15) is 9.59 Å². The second kappa shape index (κ2) is 4.53. The van der Waals surface area contributed by atoms with Crippen molar-refractivity contribution < 1.29 is 14.3 Å². The molecule has 4 heteroatoms. The zero-order valence-electron chi connectivity index (χ0n) is 8.83. The molecule has 78 valence electrons. The highest BCUT2D eigenvalue weighted by atomic mass is 16.5. The van der Waals surface area contributed by atoms with Crippen molar-refractivity contribution in [2.24, 2.45) is 4.99 Å². The first-order chi connectivity index (χ1) is 7.11. The molecule has 15 heavy (non-hydrogen) atoms. The highest BCUT2D eigenvalue weighted by Gasteiger charge is 2.23. The second-order valence-electron chi connectivity index (χ2n) is 3.03. The van der Waals surface area contributed by atoms with E-state index >= 15 is 0 Å². The Balaban J connectivity index is 3.18. The maximum atomic E-state index is 11.4. The number of hydrogen-bond acceptors (Lipinski definition) is 4. The SMILES string of the molecule is COC(=O)C1=C(C)/C(=C/C=C=O)N=C1C. The molecule has 0 saturated heterocycles. The van der Waals surface area contributed by atoms with Crippen molar-refractivity contribution in [2.45, 2.75) is 13.8 Å². The zero-order valence-corrected chi connectivity index (χ0v) is 8.83. The largest absolute Gasteiger partial charge is 0.465 e. The van der Waals surface area contributed by atoms with Gasteiger partial charge in [-0.3, -0.25) is 4.99 Å². The molecule has 0 saturated carbocycles. The molecule has 0 atom stereocenters. The van der Waals surface area contributed by atoms with Gasteiger partial charge in [-0.15, -0.1) is 0 Å². The van der Waals surface area contributed by atoms with Gasteiger partial charge in [-0.1, -0.05) is 0 Å². The third-order valence-electron chi connectivity index (χ3n) is 2.11. The van der Waals surface area contributed by atoms with Gasteiger partial charge in [0, 0.05) is 6.08 Å². The second-order valence-corrected chi connectivity index (χ2v) is 3.03. The normalized spacial score (nSPS) is 17.5. The molecule has 4 nitrogen and oxygen atoms in total. The molecule has 0 radical (unpaired) electrons. The van der Waals surface area contributed by atoms with Crippen molar-refractivity contribution in [3.63, 3.8) is 0 Å². The lowest BCUT2D eigenvalue weighted by Gasteiger charge is -2.00. The minimum absolute atomic E-state index is 0.410. The van der Waals surface area contributed by atoms with Crippen LogP contribution >= 0.6 is 0 Å². The van der Waals surface area contributed by atoms with Crippen molar-refractivity contribution >= 4 is 17.6 Å². The van der Waals surface area contributed by atoms with Gasteiger partial charge >= 0.3 is 5.97 Å². The molecule has 0 unspecified atom stereocenters. The molecule has 0 aromatic rings. The van der Waals surface area contributed by atoms with Crippen molar-refractivity contribution in [3.05, 3.63) is 29.0 Å². The Bertz CT molecular complexity index is 435. The summed E-state index contributed by atoms with van der Waals surface area (Å²) >= 11 is 0. The lowest BCUT2D eigenvalue weighted by atomic mass is 10.1. The minimum atomic E-state index is -0.410. The van der Waals surface area contributed by atoms with Gasteiger partial charge in [0.15, 0.2) is 0 Å². The molecule has 1 heterocycles. The summed E-state index contributed by atoms with van der Waals surface area (Å²) in [4.78, 5) is 25.6. The standard InChI is InChI=1S/C11H11NO3/c1-7-9(5-4-6-13)12-8(2)10(7)11(14)15-3/h4-5H,1-3H3/b9-5-. The van der Waals surface area contributed by atoms with Crippen LogP contribution < -0.4 is 0 Å². The maximum Gasteiger partial charge on any atom is 0.340 e. The number of allylic oxidation sites excluding steroid dienone is 3. The third kappa shape index (κ3) is 2.11. The van der Waals surface area contributed by atoms with E-state index in [0.717, 1.165) is 0 Å². The van der Waals surface area contributed by atoms with E-state index in [2.05, 4.69) is 9.73 Å². The molecule has 0 amide bonds. The third-order valence-corrected chi connectivity index (χ3v) is 2.11. The molecule has 1 aliphatic heterocycles. The van der Waals surface area contributed by atoms with Gasteiger partial charge in [0.1, 0.15) is 5.94 Å². The lowest BCUT2D eigenvalue weighted by Crippen LogP contribution is -2.10. The average molecular weight is 205 g/mol. The Kier molecular flexibility index (Phi) is 3.37. The van der Waals surface area contributed by atoms with Gasteiger partial charge in [0.05, 0.1) is 24.1 Å². The molecule has 1 aliphatic rings. The smallest absolute Gasteiger partial charge is 0.340 e. The number of carbonyl (C=O) groups is 1. The number of aliphatic imine (C=N–C) groups is 1. The van der Waals surface area contributed by atoms with Crippen LogP contribution in [0.3, 0.4) is 0 Å². The van der Waals surface area contributed by atoms with Crippen LogP contribution in [-0.4, -0.2) is 24.7 Å². The van der Waals surface area contributed by atoms with E-state index in [4.69, 9.17) is 0 Å². The van der Waals surface area contributed by atoms with Crippen LogP contribution in [0, 0.1) is 0 Å². The van der Waals surface area contributed by atoms with Gasteiger partial charge in [-0.2, -0.15) is 0 Å². The Morgan fingerprint density at radius 2 is 2.13 bits per heavy atom. The molecule has 0 aromatic carbocycles. The first kappa shape index (κ1) is 11.1. The predicted molar refractivity (Wildman–Crippen MR) is 56.2 cm³/mol. The van der Waals surface area contributed by atoms with Crippen LogP contribution in [0.4, 0.5) is 0 Å². The monoisotopic (exact) mass is 205 g/mol. The highest BCUT2D eigenvalue weighted by Crippen LogP contribution is 2.25. The van der Waals surface area contributed by atoms with Gasteiger partial charge in [0.2, 0.25) is 0 Å². The number of esters is 1. The molecule has 0 spiro atoms. The Hall–Kier alpha value is -1.93. The van der Waals surface area contributed by atoms with Crippen LogP contribution in [0.2, 0.25) is 0 Å². The van der Waals surface area contributed by atoms with Crippen molar-refractivity contribution in [2.75, 3.05) is 7.11 Å². The minimum Gasteiger partial charge on any atom is -0.465 e. The molecule has 0 aromatic heterocycles. The van der Waals surface area contributed by atoms with Crippen LogP contribution in [0.25, 0.3) is 0 Å². The van der Waals surface area contributed by atoms with E-state index in [1.807, 2.05) is 0 Å². The Morgan fingerprint density at radius 1 is 1.47 bits per heavy atom.